The van der Waals surface area contributed by atoms with Crippen molar-refractivity contribution >= 4 is 11.6 Å². The molecular formula is C11H14ClN3. The summed E-state index contributed by atoms with van der Waals surface area (Å²) in [5.74, 6) is 0.509. The predicted molar refractivity (Wildman–Crippen MR) is 57.9 cm³/mol. The van der Waals surface area contributed by atoms with Gasteiger partial charge >= 0.3 is 0 Å². The molecule has 0 spiro atoms. The van der Waals surface area contributed by atoms with Crippen LogP contribution in [0.4, 0.5) is 0 Å². The summed E-state index contributed by atoms with van der Waals surface area (Å²) in [6.45, 7) is 6.90. The van der Waals surface area contributed by atoms with Crippen LogP contribution in [0, 0.1) is 5.41 Å². The minimum absolute atomic E-state index is 0.132. The topological polar surface area (TPSA) is 38.7 Å². The largest absolute Gasteiger partial charge is 0.243 e. The molecule has 4 heteroatoms. The molecule has 1 saturated carbocycles. The summed E-state index contributed by atoms with van der Waals surface area (Å²) in [7, 11) is 0. The third-order valence-electron chi connectivity index (χ3n) is 4.77. The van der Waals surface area contributed by atoms with Crippen molar-refractivity contribution in [3.63, 3.8) is 0 Å². The lowest BCUT2D eigenvalue weighted by atomic mass is 9.70. The molecule has 0 N–H and O–H groups in total. The lowest BCUT2D eigenvalue weighted by molar-refractivity contribution is 0.227. The Morgan fingerprint density at radius 2 is 2.00 bits per heavy atom. The highest BCUT2D eigenvalue weighted by Crippen LogP contribution is 2.66. The lowest BCUT2D eigenvalue weighted by Gasteiger charge is -2.33. The first-order chi connectivity index (χ1) is 6.97. The predicted octanol–water partition coefficient (Wildman–Crippen LogP) is 2.70. The van der Waals surface area contributed by atoms with E-state index in [2.05, 4.69) is 36.0 Å². The van der Waals surface area contributed by atoms with Crippen LogP contribution in [0.1, 0.15) is 50.9 Å². The highest BCUT2D eigenvalue weighted by atomic mass is 35.5. The highest BCUT2D eigenvalue weighted by Gasteiger charge is 2.61. The molecule has 1 aromatic heterocycles. The van der Waals surface area contributed by atoms with E-state index in [-0.39, 0.29) is 16.1 Å². The lowest BCUT2D eigenvalue weighted by Crippen LogP contribution is -2.32. The van der Waals surface area contributed by atoms with Crippen LogP contribution in [0.3, 0.4) is 0 Å². The van der Waals surface area contributed by atoms with Crippen molar-refractivity contribution in [2.24, 2.45) is 5.41 Å². The fraction of sp³-hybridized carbons (Fsp3) is 0.727. The fourth-order valence-corrected chi connectivity index (χ4v) is 3.48. The molecule has 0 radical (unpaired) electrons. The van der Waals surface area contributed by atoms with Gasteiger partial charge in [0.1, 0.15) is 0 Å². The molecule has 1 fully saturated rings. The molecule has 0 aromatic carbocycles. The molecular weight excluding hydrogens is 210 g/mol. The Kier molecular flexibility index (Phi) is 1.59. The normalized spacial score (nSPS) is 35.6. The maximum atomic E-state index is 5.83. The van der Waals surface area contributed by atoms with E-state index < -0.39 is 0 Å². The summed E-state index contributed by atoms with van der Waals surface area (Å²) in [5, 5.41) is 8.38. The Labute approximate surface area is 94.3 Å². The number of halogens is 1. The van der Waals surface area contributed by atoms with Gasteiger partial charge in [0.15, 0.2) is 0 Å². The zero-order valence-corrected chi connectivity index (χ0v) is 9.97. The van der Waals surface area contributed by atoms with Crippen molar-refractivity contribution in [1.82, 2.24) is 15.2 Å². The number of fused-ring (bicyclic) bond motifs is 5. The van der Waals surface area contributed by atoms with E-state index in [1.807, 2.05) is 0 Å². The fourth-order valence-electron chi connectivity index (χ4n) is 3.36. The smallest absolute Gasteiger partial charge is 0.219 e. The van der Waals surface area contributed by atoms with Gasteiger partial charge in [0.05, 0.1) is 11.4 Å². The number of aromatic nitrogens is 3. The monoisotopic (exact) mass is 223 g/mol. The number of hydrogen-bond acceptors (Lipinski definition) is 3. The molecule has 2 bridgehead atoms. The van der Waals surface area contributed by atoms with E-state index in [0.717, 1.165) is 11.4 Å². The van der Waals surface area contributed by atoms with Crippen LogP contribution >= 0.6 is 11.6 Å². The quantitative estimate of drug-likeness (QED) is 0.679. The van der Waals surface area contributed by atoms with Gasteiger partial charge in [-0.15, -0.1) is 5.10 Å². The van der Waals surface area contributed by atoms with Gasteiger partial charge in [-0.1, -0.05) is 20.8 Å². The minimum Gasteiger partial charge on any atom is -0.219 e. The van der Waals surface area contributed by atoms with E-state index in [0.29, 0.717) is 5.92 Å². The second-order valence-corrected chi connectivity index (χ2v) is 5.80. The molecule has 3 nitrogen and oxygen atoms in total. The average molecular weight is 224 g/mol. The van der Waals surface area contributed by atoms with E-state index in [4.69, 9.17) is 11.6 Å². The maximum absolute atomic E-state index is 5.83. The summed E-state index contributed by atoms with van der Waals surface area (Å²) in [5.41, 5.74) is 2.54. The third-order valence-corrected chi connectivity index (χ3v) is 4.93. The van der Waals surface area contributed by atoms with Crippen molar-refractivity contribution in [3.8, 4) is 0 Å². The van der Waals surface area contributed by atoms with Crippen molar-refractivity contribution in [1.29, 1.82) is 0 Å². The first-order valence-corrected chi connectivity index (χ1v) is 5.75. The van der Waals surface area contributed by atoms with Gasteiger partial charge in [-0.2, -0.15) is 5.10 Å². The number of hydrogen-bond donors (Lipinski definition) is 0. The van der Waals surface area contributed by atoms with Gasteiger partial charge in [0.2, 0.25) is 5.28 Å². The van der Waals surface area contributed by atoms with Crippen LogP contribution in [0.2, 0.25) is 5.28 Å². The molecule has 1 heterocycles. The number of nitrogens with zero attached hydrogens (tertiary/aromatic N) is 3. The van der Waals surface area contributed by atoms with Crippen LogP contribution in [0.5, 0.6) is 0 Å². The first kappa shape index (κ1) is 9.52. The van der Waals surface area contributed by atoms with Gasteiger partial charge in [0, 0.05) is 11.3 Å². The van der Waals surface area contributed by atoms with Crippen molar-refractivity contribution < 1.29 is 0 Å². The molecule has 2 atom stereocenters. The Morgan fingerprint density at radius 1 is 1.27 bits per heavy atom. The highest BCUT2D eigenvalue weighted by molar-refractivity contribution is 6.28. The molecule has 2 aliphatic carbocycles. The molecule has 80 valence electrons. The second-order valence-electron chi connectivity index (χ2n) is 5.46. The van der Waals surface area contributed by atoms with Crippen molar-refractivity contribution in [2.75, 3.05) is 0 Å². The van der Waals surface area contributed by atoms with Crippen LogP contribution in [0.25, 0.3) is 0 Å². The summed E-state index contributed by atoms with van der Waals surface area (Å²) in [4.78, 5) is 4.40. The Bertz CT molecular complexity index is 443. The molecule has 15 heavy (non-hydrogen) atoms. The van der Waals surface area contributed by atoms with Gasteiger partial charge < -0.3 is 0 Å². The van der Waals surface area contributed by atoms with E-state index >= 15 is 0 Å². The Morgan fingerprint density at radius 3 is 2.73 bits per heavy atom. The van der Waals surface area contributed by atoms with E-state index in [1.54, 1.807) is 0 Å². The molecule has 0 amide bonds. The molecule has 0 saturated heterocycles. The summed E-state index contributed by atoms with van der Waals surface area (Å²) < 4.78 is 0. The number of rotatable bonds is 0. The zero-order chi connectivity index (χ0) is 10.8. The third kappa shape index (κ3) is 0.906. The second kappa shape index (κ2) is 2.51. The van der Waals surface area contributed by atoms with Gasteiger partial charge in [-0.25, -0.2) is 4.98 Å². The Balaban J connectivity index is 2.29. The standard InChI is InChI=1S/C11H14ClN3/c1-10(2)6-4-5-11(10,3)8-7(6)14-15-9(12)13-8/h6H,4-5H2,1-3H3/t6-,11+/m1/s1. The molecule has 3 rings (SSSR count). The molecule has 1 aromatic rings. The molecule has 0 aliphatic heterocycles. The SMILES string of the molecule is CC1(C)[C@@H]2CC[C@@]1(C)c1nc(Cl)nnc12. The molecule has 2 aliphatic rings. The van der Waals surface area contributed by atoms with Gasteiger partial charge in [-0.3, -0.25) is 0 Å². The van der Waals surface area contributed by atoms with Gasteiger partial charge in [-0.05, 0) is 29.9 Å². The Hall–Kier alpha value is -0.700. The summed E-state index contributed by atoms with van der Waals surface area (Å²) in [6, 6.07) is 0. The summed E-state index contributed by atoms with van der Waals surface area (Å²) in [6.07, 6.45) is 2.39. The maximum Gasteiger partial charge on any atom is 0.243 e. The van der Waals surface area contributed by atoms with Crippen LogP contribution in [-0.2, 0) is 5.41 Å². The van der Waals surface area contributed by atoms with Crippen LogP contribution < -0.4 is 0 Å². The van der Waals surface area contributed by atoms with E-state index in [9.17, 15) is 0 Å². The minimum atomic E-state index is 0.132. The molecule has 0 unspecified atom stereocenters. The van der Waals surface area contributed by atoms with Crippen LogP contribution in [0.15, 0.2) is 0 Å². The zero-order valence-electron chi connectivity index (χ0n) is 9.21. The van der Waals surface area contributed by atoms with Gasteiger partial charge in [0.25, 0.3) is 0 Å². The van der Waals surface area contributed by atoms with E-state index in [1.165, 1.54) is 12.8 Å². The van der Waals surface area contributed by atoms with Crippen LogP contribution in [-0.4, -0.2) is 15.2 Å². The van der Waals surface area contributed by atoms with Crippen molar-refractivity contribution in [2.45, 2.75) is 44.9 Å². The summed E-state index contributed by atoms with van der Waals surface area (Å²) >= 11 is 5.83. The first-order valence-electron chi connectivity index (χ1n) is 5.37. The average Bonchev–Trinajstić information content (AvgIpc) is 2.48. The van der Waals surface area contributed by atoms with Crippen molar-refractivity contribution in [3.05, 3.63) is 16.7 Å².